The second-order valence-electron chi connectivity index (χ2n) is 16.7. The van der Waals surface area contributed by atoms with Gasteiger partial charge in [0.15, 0.2) is 0 Å². The molecule has 300 valence electrons. The largest absolute Gasteiger partial charge is 0.456 e. The molecule has 1 aliphatic rings. The number of hydrogen-bond donors (Lipinski definition) is 0. The van der Waals surface area contributed by atoms with Crippen LogP contribution in [0.1, 0.15) is 22.3 Å². The van der Waals surface area contributed by atoms with Gasteiger partial charge in [0.25, 0.3) is 0 Å². The van der Waals surface area contributed by atoms with Crippen molar-refractivity contribution in [1.82, 2.24) is 0 Å². The van der Waals surface area contributed by atoms with Crippen LogP contribution >= 0.6 is 0 Å². The van der Waals surface area contributed by atoms with Crippen molar-refractivity contribution in [3.8, 4) is 33.4 Å². The Hall–Kier alpha value is -8.40. The summed E-state index contributed by atoms with van der Waals surface area (Å²) in [6.45, 7) is 0. The van der Waals surface area contributed by atoms with Crippen LogP contribution in [0.25, 0.3) is 77.3 Å². The van der Waals surface area contributed by atoms with Gasteiger partial charge >= 0.3 is 0 Å². The molecule has 0 N–H and O–H groups in total. The number of furan rings is 2. The average molecular weight is 818 g/mol. The van der Waals surface area contributed by atoms with Crippen LogP contribution in [0, 0.1) is 0 Å². The zero-order chi connectivity index (χ0) is 42.2. The van der Waals surface area contributed by atoms with Gasteiger partial charge in [-0.15, -0.1) is 0 Å². The second-order valence-corrected chi connectivity index (χ2v) is 16.7. The molecule has 0 saturated heterocycles. The highest BCUT2D eigenvalue weighted by atomic mass is 16.3. The van der Waals surface area contributed by atoms with E-state index in [1.165, 1.54) is 33.4 Å². The molecule has 0 atom stereocenters. The minimum absolute atomic E-state index is 0.505. The Morgan fingerprint density at radius 1 is 0.312 bits per heavy atom. The summed E-state index contributed by atoms with van der Waals surface area (Å²) in [5.74, 6) is 0. The quantitative estimate of drug-likeness (QED) is 0.160. The van der Waals surface area contributed by atoms with Crippen molar-refractivity contribution in [2.75, 3.05) is 4.90 Å². The monoisotopic (exact) mass is 817 g/mol. The maximum absolute atomic E-state index is 6.66. The van der Waals surface area contributed by atoms with Crippen molar-refractivity contribution in [3.63, 3.8) is 0 Å². The first-order valence-corrected chi connectivity index (χ1v) is 21.9. The van der Waals surface area contributed by atoms with Crippen molar-refractivity contribution in [3.05, 3.63) is 259 Å². The molecule has 64 heavy (non-hydrogen) atoms. The number of rotatable bonds is 7. The van der Waals surface area contributed by atoms with Gasteiger partial charge in [-0.05, 0) is 116 Å². The van der Waals surface area contributed by atoms with Gasteiger partial charge in [-0.2, -0.15) is 0 Å². The molecule has 0 spiro atoms. The summed E-state index contributed by atoms with van der Waals surface area (Å²) in [7, 11) is 0. The van der Waals surface area contributed by atoms with Crippen molar-refractivity contribution in [2.24, 2.45) is 0 Å². The Bertz CT molecular complexity index is 3670. The Morgan fingerprint density at radius 2 is 0.828 bits per heavy atom. The third-order valence-electron chi connectivity index (χ3n) is 13.4. The number of hydrogen-bond acceptors (Lipinski definition) is 3. The van der Waals surface area contributed by atoms with Gasteiger partial charge in [-0.25, -0.2) is 0 Å². The van der Waals surface area contributed by atoms with Crippen LogP contribution in [0.5, 0.6) is 0 Å². The summed E-state index contributed by atoms with van der Waals surface area (Å²) < 4.78 is 13.2. The fraction of sp³-hybridized carbons (Fsp3) is 0.0164. The highest BCUT2D eigenvalue weighted by Crippen LogP contribution is 2.56. The van der Waals surface area contributed by atoms with E-state index in [1.54, 1.807) is 0 Å². The molecule has 0 amide bonds. The van der Waals surface area contributed by atoms with E-state index >= 15 is 0 Å². The average Bonchev–Trinajstić information content (AvgIpc) is 4.04. The fourth-order valence-electron chi connectivity index (χ4n) is 10.6. The van der Waals surface area contributed by atoms with E-state index in [2.05, 4.69) is 241 Å². The highest BCUT2D eigenvalue weighted by Gasteiger charge is 2.45. The molecule has 0 radical (unpaired) electrons. The Labute approximate surface area is 370 Å². The number of nitrogens with zero attached hydrogens (tertiary/aromatic N) is 1. The van der Waals surface area contributed by atoms with Crippen LogP contribution in [0.3, 0.4) is 0 Å². The molecule has 0 saturated carbocycles. The van der Waals surface area contributed by atoms with Gasteiger partial charge in [-0.1, -0.05) is 176 Å². The van der Waals surface area contributed by atoms with E-state index in [0.29, 0.717) is 0 Å². The first-order chi connectivity index (χ1) is 31.7. The van der Waals surface area contributed by atoms with Gasteiger partial charge < -0.3 is 13.7 Å². The molecular formula is C61H39NO2. The highest BCUT2D eigenvalue weighted by molar-refractivity contribution is 6.16. The minimum Gasteiger partial charge on any atom is -0.456 e. The molecule has 3 heteroatoms. The molecule has 2 aromatic heterocycles. The standard InChI is InChI=1S/C61H39NO2/c1-4-16-40(17-5-1)42-30-36-55-50(38-42)60-54(27-15-29-58(60)64-55)62(46-35-37-56-51(39-46)59-47(24-14-28-57(59)63-56)41-18-6-2-7-19-41)45-33-31-44(32-34-45)61(43-20-8-3-9-21-43)52-25-12-10-22-48(52)49-23-11-13-26-53(49)61/h1-39H. The lowest BCUT2D eigenvalue weighted by Crippen LogP contribution is -2.28. The van der Waals surface area contributed by atoms with Crippen LogP contribution in [0.15, 0.2) is 245 Å². The molecule has 10 aromatic carbocycles. The summed E-state index contributed by atoms with van der Waals surface area (Å²) in [6, 6.07) is 85.2. The van der Waals surface area contributed by atoms with Gasteiger partial charge in [0.2, 0.25) is 0 Å². The lowest BCUT2D eigenvalue weighted by Gasteiger charge is -2.34. The van der Waals surface area contributed by atoms with Crippen molar-refractivity contribution < 1.29 is 8.83 Å². The minimum atomic E-state index is -0.505. The van der Waals surface area contributed by atoms with Gasteiger partial charge in [0, 0.05) is 27.5 Å². The van der Waals surface area contributed by atoms with E-state index in [-0.39, 0.29) is 0 Å². The topological polar surface area (TPSA) is 29.5 Å². The molecule has 2 heterocycles. The molecule has 12 aromatic rings. The van der Waals surface area contributed by atoms with Crippen LogP contribution in [0.4, 0.5) is 17.1 Å². The van der Waals surface area contributed by atoms with Crippen LogP contribution in [-0.4, -0.2) is 0 Å². The van der Waals surface area contributed by atoms with E-state index in [9.17, 15) is 0 Å². The first kappa shape index (κ1) is 36.3. The maximum atomic E-state index is 6.66. The third kappa shape index (κ3) is 5.41. The molecule has 0 aliphatic heterocycles. The maximum Gasteiger partial charge on any atom is 0.137 e. The summed E-state index contributed by atoms with van der Waals surface area (Å²) in [5, 5.41) is 4.29. The summed E-state index contributed by atoms with van der Waals surface area (Å²) in [5.41, 5.74) is 18.2. The van der Waals surface area contributed by atoms with Crippen molar-refractivity contribution >= 4 is 60.9 Å². The Morgan fingerprint density at radius 3 is 1.52 bits per heavy atom. The van der Waals surface area contributed by atoms with Gasteiger partial charge in [0.1, 0.15) is 22.3 Å². The molecular weight excluding hydrogens is 779 g/mol. The van der Waals surface area contributed by atoms with E-state index < -0.39 is 5.41 Å². The molecule has 0 unspecified atom stereocenters. The van der Waals surface area contributed by atoms with E-state index in [0.717, 1.165) is 83.2 Å². The molecule has 1 aliphatic carbocycles. The molecule has 0 bridgehead atoms. The predicted octanol–water partition coefficient (Wildman–Crippen LogP) is 16.7. The predicted molar refractivity (Wildman–Crippen MR) is 264 cm³/mol. The smallest absolute Gasteiger partial charge is 0.137 e. The fourth-order valence-corrected chi connectivity index (χ4v) is 10.6. The number of benzene rings is 10. The molecule has 13 rings (SSSR count). The van der Waals surface area contributed by atoms with Crippen molar-refractivity contribution in [1.29, 1.82) is 0 Å². The second kappa shape index (κ2) is 14.3. The van der Waals surface area contributed by atoms with E-state index in [4.69, 9.17) is 8.83 Å². The molecule has 0 fully saturated rings. The van der Waals surface area contributed by atoms with Crippen LogP contribution < -0.4 is 4.90 Å². The van der Waals surface area contributed by atoms with Crippen LogP contribution in [-0.2, 0) is 5.41 Å². The number of anilines is 3. The van der Waals surface area contributed by atoms with Crippen LogP contribution in [0.2, 0.25) is 0 Å². The van der Waals surface area contributed by atoms with Crippen molar-refractivity contribution in [2.45, 2.75) is 5.41 Å². The first-order valence-electron chi connectivity index (χ1n) is 21.9. The summed E-state index contributed by atoms with van der Waals surface area (Å²) >= 11 is 0. The lowest BCUT2D eigenvalue weighted by molar-refractivity contribution is 0.668. The lowest BCUT2D eigenvalue weighted by atomic mass is 9.68. The van der Waals surface area contributed by atoms with Gasteiger partial charge in [-0.3, -0.25) is 0 Å². The zero-order valence-electron chi connectivity index (χ0n) is 34.8. The van der Waals surface area contributed by atoms with Gasteiger partial charge in [0.05, 0.1) is 16.5 Å². The summed E-state index contributed by atoms with van der Waals surface area (Å²) in [4.78, 5) is 2.39. The molecule has 3 nitrogen and oxygen atoms in total. The summed E-state index contributed by atoms with van der Waals surface area (Å²) in [6.07, 6.45) is 0. The third-order valence-corrected chi connectivity index (χ3v) is 13.4. The SMILES string of the molecule is c1ccc(-c2ccc3oc4cccc(N(c5ccc(C6(c7ccccc7)c7ccccc7-c7ccccc76)cc5)c5ccc6oc7cccc(-c8ccccc8)c7c6c5)c4c3c2)cc1. The Balaban J connectivity index is 1.06. The zero-order valence-corrected chi connectivity index (χ0v) is 34.8. The Kier molecular flexibility index (Phi) is 8.13. The number of fused-ring (bicyclic) bond motifs is 9. The van der Waals surface area contributed by atoms with E-state index in [1.807, 2.05) is 0 Å². The normalized spacial score (nSPS) is 12.8.